The van der Waals surface area contributed by atoms with E-state index in [1.165, 1.54) is 6.08 Å². The van der Waals surface area contributed by atoms with Gasteiger partial charge in [0.05, 0.1) is 0 Å². The second-order valence-electron chi connectivity index (χ2n) is 4.11. The molecule has 0 bridgehead atoms. The first-order valence-corrected chi connectivity index (χ1v) is 6.16. The molecule has 0 atom stereocenters. The minimum Gasteiger partial charge on any atom is -0.381 e. The van der Waals surface area contributed by atoms with Crippen LogP contribution in [-0.4, -0.2) is 15.9 Å². The molecule has 1 aromatic heterocycles. The monoisotopic (exact) mass is 290 g/mol. The van der Waals surface area contributed by atoms with Gasteiger partial charge in [0.25, 0.3) is 0 Å². The van der Waals surface area contributed by atoms with E-state index in [4.69, 9.17) is 16.3 Å². The van der Waals surface area contributed by atoms with E-state index < -0.39 is 5.91 Å². The lowest BCUT2D eigenvalue weighted by Crippen LogP contribution is -2.13. The van der Waals surface area contributed by atoms with Gasteiger partial charge in [-0.25, -0.2) is 9.97 Å². The number of nitrogen functional groups attached to an aromatic ring is 1. The largest absolute Gasteiger partial charge is 0.381 e. The zero-order chi connectivity index (χ0) is 15.9. The van der Waals surface area contributed by atoms with Gasteiger partial charge in [-0.1, -0.05) is 30.3 Å². The second-order valence-corrected chi connectivity index (χ2v) is 4.11. The fourth-order valence-corrected chi connectivity index (χ4v) is 1.59. The topological polar surface area (TPSA) is 128 Å². The van der Waals surface area contributed by atoms with E-state index in [1.807, 2.05) is 30.3 Å². The van der Waals surface area contributed by atoms with Crippen LogP contribution < -0.4 is 11.1 Å². The lowest BCUT2D eigenvalue weighted by molar-refractivity contribution is -0.111. The molecule has 1 heterocycles. The van der Waals surface area contributed by atoms with E-state index in [0.29, 0.717) is 0 Å². The van der Waals surface area contributed by atoms with Crippen LogP contribution in [0.25, 0.3) is 6.08 Å². The summed E-state index contributed by atoms with van der Waals surface area (Å²) in [6.45, 7) is 0. The number of carbonyl (C=O) groups is 1. The highest BCUT2D eigenvalue weighted by atomic mass is 16.1. The van der Waals surface area contributed by atoms with Crippen molar-refractivity contribution in [3.05, 3.63) is 53.4 Å². The Kier molecular flexibility index (Phi) is 4.43. The fourth-order valence-electron chi connectivity index (χ4n) is 1.59. The summed E-state index contributed by atoms with van der Waals surface area (Å²) >= 11 is 0. The molecule has 0 saturated heterocycles. The van der Waals surface area contributed by atoms with E-state index in [-0.39, 0.29) is 23.0 Å². The zero-order valence-corrected chi connectivity index (χ0v) is 11.3. The summed E-state index contributed by atoms with van der Waals surface area (Å²) in [5.74, 6) is -0.754. The number of benzene rings is 1. The van der Waals surface area contributed by atoms with Crippen molar-refractivity contribution in [1.82, 2.24) is 9.97 Å². The SMILES string of the molecule is N#Cc1nc(NC(=O)C=Cc2ccccc2)c(C#N)nc1N. The molecule has 7 heteroatoms. The van der Waals surface area contributed by atoms with Crippen molar-refractivity contribution in [2.75, 3.05) is 11.1 Å². The van der Waals surface area contributed by atoms with Gasteiger partial charge in [-0.2, -0.15) is 10.5 Å². The molecular formula is C15H10N6O. The number of nitriles is 2. The molecule has 1 aromatic carbocycles. The predicted molar refractivity (Wildman–Crippen MR) is 80.0 cm³/mol. The fraction of sp³-hybridized carbons (Fsp3) is 0. The number of anilines is 2. The summed E-state index contributed by atoms with van der Waals surface area (Å²) in [7, 11) is 0. The van der Waals surface area contributed by atoms with Crippen LogP contribution >= 0.6 is 0 Å². The highest BCUT2D eigenvalue weighted by Crippen LogP contribution is 2.14. The summed E-state index contributed by atoms with van der Waals surface area (Å²) in [5, 5.41) is 20.2. The van der Waals surface area contributed by atoms with E-state index >= 15 is 0 Å². The van der Waals surface area contributed by atoms with Crippen molar-refractivity contribution in [2.24, 2.45) is 0 Å². The Hall–Kier alpha value is -3.71. The molecule has 22 heavy (non-hydrogen) atoms. The third kappa shape index (κ3) is 3.44. The van der Waals surface area contributed by atoms with Crippen molar-refractivity contribution in [3.8, 4) is 12.1 Å². The van der Waals surface area contributed by atoms with Crippen LogP contribution in [0, 0.1) is 22.7 Å². The zero-order valence-electron chi connectivity index (χ0n) is 11.3. The average Bonchev–Trinajstić information content (AvgIpc) is 2.55. The van der Waals surface area contributed by atoms with Crippen LogP contribution in [-0.2, 0) is 4.79 Å². The first-order valence-electron chi connectivity index (χ1n) is 6.16. The minimum atomic E-state index is -0.497. The Morgan fingerprint density at radius 1 is 1.14 bits per heavy atom. The number of hydrogen-bond acceptors (Lipinski definition) is 6. The van der Waals surface area contributed by atoms with E-state index in [9.17, 15) is 4.79 Å². The van der Waals surface area contributed by atoms with Gasteiger partial charge in [-0.15, -0.1) is 0 Å². The van der Waals surface area contributed by atoms with E-state index in [1.54, 1.807) is 18.2 Å². The Balaban J connectivity index is 2.20. The smallest absolute Gasteiger partial charge is 0.249 e. The van der Waals surface area contributed by atoms with Crippen LogP contribution in [0.15, 0.2) is 36.4 Å². The molecule has 0 aliphatic rings. The number of rotatable bonds is 3. The van der Waals surface area contributed by atoms with Gasteiger partial charge < -0.3 is 11.1 Å². The highest BCUT2D eigenvalue weighted by molar-refractivity contribution is 6.01. The van der Waals surface area contributed by atoms with Gasteiger partial charge in [0, 0.05) is 6.08 Å². The van der Waals surface area contributed by atoms with Gasteiger partial charge >= 0.3 is 0 Å². The minimum absolute atomic E-state index is 0.101. The average molecular weight is 290 g/mol. The number of amides is 1. The predicted octanol–water partition coefficient (Wildman–Crippen LogP) is 1.45. The number of aromatic nitrogens is 2. The van der Waals surface area contributed by atoms with E-state index in [2.05, 4.69) is 15.3 Å². The Morgan fingerprint density at radius 2 is 1.82 bits per heavy atom. The summed E-state index contributed by atoms with van der Waals surface area (Å²) < 4.78 is 0. The maximum atomic E-state index is 11.8. The third-order valence-electron chi connectivity index (χ3n) is 2.60. The molecule has 0 fully saturated rings. The Labute approximate surface area is 126 Å². The molecule has 0 aliphatic heterocycles. The van der Waals surface area contributed by atoms with Crippen LogP contribution in [0.4, 0.5) is 11.6 Å². The molecule has 0 spiro atoms. The number of carbonyl (C=O) groups excluding carboxylic acids is 1. The molecule has 0 aliphatic carbocycles. The molecular weight excluding hydrogens is 280 g/mol. The molecule has 0 saturated carbocycles. The van der Waals surface area contributed by atoms with Crippen LogP contribution in [0.3, 0.4) is 0 Å². The lowest BCUT2D eigenvalue weighted by Gasteiger charge is -2.04. The first-order chi connectivity index (χ1) is 10.6. The number of nitrogens with two attached hydrogens (primary N) is 1. The lowest BCUT2D eigenvalue weighted by atomic mass is 10.2. The van der Waals surface area contributed by atoms with Crippen molar-refractivity contribution >= 4 is 23.6 Å². The Morgan fingerprint density at radius 3 is 2.45 bits per heavy atom. The van der Waals surface area contributed by atoms with Crippen LogP contribution in [0.5, 0.6) is 0 Å². The highest BCUT2D eigenvalue weighted by Gasteiger charge is 2.12. The van der Waals surface area contributed by atoms with Crippen LogP contribution in [0.1, 0.15) is 17.0 Å². The second kappa shape index (κ2) is 6.64. The molecule has 7 nitrogen and oxygen atoms in total. The van der Waals surface area contributed by atoms with Crippen molar-refractivity contribution in [1.29, 1.82) is 10.5 Å². The normalized spacial score (nSPS) is 9.91. The van der Waals surface area contributed by atoms with Crippen molar-refractivity contribution in [3.63, 3.8) is 0 Å². The summed E-state index contributed by atoms with van der Waals surface area (Å²) in [5.41, 5.74) is 6.01. The van der Waals surface area contributed by atoms with Gasteiger partial charge in [0.1, 0.15) is 12.1 Å². The Bertz CT molecular complexity index is 814. The molecule has 2 rings (SSSR count). The maximum absolute atomic E-state index is 11.8. The quantitative estimate of drug-likeness (QED) is 0.823. The third-order valence-corrected chi connectivity index (χ3v) is 2.60. The van der Waals surface area contributed by atoms with Gasteiger partial charge in [-0.3, -0.25) is 4.79 Å². The first kappa shape index (κ1) is 14.7. The summed E-state index contributed by atoms with van der Waals surface area (Å²) in [6, 6.07) is 12.7. The standard InChI is InChI=1S/C15H10N6O/c16-8-11-14(18)19-12(9-17)15(20-11)21-13(22)7-6-10-4-2-1-3-5-10/h1-7H,(H2,18,19)(H,20,21,22). The molecule has 0 radical (unpaired) electrons. The van der Waals surface area contributed by atoms with E-state index in [0.717, 1.165) is 5.56 Å². The van der Waals surface area contributed by atoms with Gasteiger partial charge in [0.15, 0.2) is 23.0 Å². The summed E-state index contributed by atoms with van der Waals surface area (Å²) in [6.07, 6.45) is 2.90. The van der Waals surface area contributed by atoms with Crippen molar-refractivity contribution in [2.45, 2.75) is 0 Å². The number of nitrogens with zero attached hydrogens (tertiary/aromatic N) is 4. The molecule has 3 N–H and O–H groups in total. The molecule has 0 unspecified atom stereocenters. The number of nitrogens with one attached hydrogen (secondary N) is 1. The van der Waals surface area contributed by atoms with Gasteiger partial charge in [0.2, 0.25) is 5.91 Å². The molecule has 2 aromatic rings. The van der Waals surface area contributed by atoms with Crippen molar-refractivity contribution < 1.29 is 4.79 Å². The van der Waals surface area contributed by atoms with Crippen LogP contribution in [0.2, 0.25) is 0 Å². The molecule has 106 valence electrons. The number of hydrogen-bond donors (Lipinski definition) is 2. The van der Waals surface area contributed by atoms with Gasteiger partial charge in [-0.05, 0) is 11.6 Å². The maximum Gasteiger partial charge on any atom is 0.249 e. The summed E-state index contributed by atoms with van der Waals surface area (Å²) in [4.78, 5) is 19.4. The molecule has 1 amide bonds.